The summed E-state index contributed by atoms with van der Waals surface area (Å²) < 4.78 is 16.0. The van der Waals surface area contributed by atoms with E-state index >= 15 is 0 Å². The molecule has 154 valence electrons. The number of nitriles is 1. The van der Waals surface area contributed by atoms with Crippen molar-refractivity contribution in [3.05, 3.63) is 52.5 Å². The number of benzene rings is 2. The molecule has 0 fully saturated rings. The lowest BCUT2D eigenvalue weighted by molar-refractivity contribution is -0.143. The van der Waals surface area contributed by atoms with E-state index in [0.29, 0.717) is 38.9 Å². The molecule has 2 aromatic carbocycles. The van der Waals surface area contributed by atoms with Crippen LogP contribution in [0.1, 0.15) is 25.0 Å². The number of nitrogens with two attached hydrogens (primary N) is 1. The first-order valence-corrected chi connectivity index (χ1v) is 9.48. The summed E-state index contributed by atoms with van der Waals surface area (Å²) in [7, 11) is 0. The van der Waals surface area contributed by atoms with Crippen molar-refractivity contribution in [2.24, 2.45) is 5.73 Å². The standard InChI is InChI=1S/C21H19ClN4O4/c1-12(2)29-18-6-4-14(8-15(18)9-23)21-25-20(26-30-21)16-5-3-13(7-17(16)22)11-28-19(27)10-24/h3-8,12H,10-11,24H2,1-2H3. The first-order chi connectivity index (χ1) is 14.4. The number of halogens is 1. The van der Waals surface area contributed by atoms with Crippen molar-refractivity contribution in [2.45, 2.75) is 26.6 Å². The van der Waals surface area contributed by atoms with Crippen LogP contribution in [0.5, 0.6) is 5.75 Å². The van der Waals surface area contributed by atoms with E-state index in [9.17, 15) is 10.1 Å². The van der Waals surface area contributed by atoms with Crippen molar-refractivity contribution in [2.75, 3.05) is 6.54 Å². The van der Waals surface area contributed by atoms with Crippen LogP contribution in [-0.4, -0.2) is 28.8 Å². The fourth-order valence-electron chi connectivity index (χ4n) is 2.61. The third-order valence-corrected chi connectivity index (χ3v) is 4.29. The van der Waals surface area contributed by atoms with Crippen LogP contribution >= 0.6 is 11.6 Å². The van der Waals surface area contributed by atoms with Crippen LogP contribution in [0.2, 0.25) is 5.02 Å². The fraction of sp³-hybridized carbons (Fsp3) is 0.238. The second-order valence-electron chi connectivity index (χ2n) is 6.59. The van der Waals surface area contributed by atoms with Gasteiger partial charge in [-0.25, -0.2) is 0 Å². The molecule has 0 atom stereocenters. The Kier molecular flexibility index (Phi) is 6.67. The molecule has 0 saturated heterocycles. The van der Waals surface area contributed by atoms with Gasteiger partial charge in [0.05, 0.1) is 23.2 Å². The Morgan fingerprint density at radius 2 is 2.10 bits per heavy atom. The van der Waals surface area contributed by atoms with E-state index in [-0.39, 0.29) is 25.1 Å². The molecule has 2 N–H and O–H groups in total. The molecule has 0 aliphatic rings. The molecule has 0 unspecified atom stereocenters. The summed E-state index contributed by atoms with van der Waals surface area (Å²) >= 11 is 6.34. The lowest BCUT2D eigenvalue weighted by Crippen LogP contribution is -2.16. The van der Waals surface area contributed by atoms with Gasteiger partial charge in [-0.15, -0.1) is 0 Å². The third kappa shape index (κ3) is 4.95. The molecule has 0 amide bonds. The smallest absolute Gasteiger partial charge is 0.320 e. The van der Waals surface area contributed by atoms with Crippen LogP contribution in [0.4, 0.5) is 0 Å². The maximum Gasteiger partial charge on any atom is 0.320 e. The summed E-state index contributed by atoms with van der Waals surface area (Å²) in [6.07, 6.45) is -0.0538. The summed E-state index contributed by atoms with van der Waals surface area (Å²) in [4.78, 5) is 15.6. The Morgan fingerprint density at radius 3 is 2.77 bits per heavy atom. The highest BCUT2D eigenvalue weighted by Crippen LogP contribution is 2.30. The number of esters is 1. The van der Waals surface area contributed by atoms with Crippen molar-refractivity contribution in [3.63, 3.8) is 0 Å². The molecule has 9 heteroatoms. The predicted octanol–water partition coefficient (Wildman–Crippen LogP) is 3.72. The fourth-order valence-corrected chi connectivity index (χ4v) is 2.90. The quantitative estimate of drug-likeness (QED) is 0.566. The van der Waals surface area contributed by atoms with Crippen molar-refractivity contribution < 1.29 is 18.8 Å². The highest BCUT2D eigenvalue weighted by Gasteiger charge is 2.16. The van der Waals surface area contributed by atoms with Gasteiger partial charge < -0.3 is 19.7 Å². The van der Waals surface area contributed by atoms with Gasteiger partial charge in [0.15, 0.2) is 0 Å². The lowest BCUT2D eigenvalue weighted by atomic mass is 10.1. The SMILES string of the molecule is CC(C)Oc1ccc(-c2nc(-c3ccc(COC(=O)CN)cc3Cl)no2)cc1C#N. The normalized spacial score (nSPS) is 10.7. The minimum Gasteiger partial charge on any atom is -0.490 e. The molecule has 0 radical (unpaired) electrons. The number of hydrogen-bond donors (Lipinski definition) is 1. The van der Waals surface area contributed by atoms with Crippen molar-refractivity contribution in [3.8, 4) is 34.7 Å². The molecule has 0 aliphatic heterocycles. The molecule has 0 aliphatic carbocycles. The van der Waals surface area contributed by atoms with Gasteiger partial charge in [-0.05, 0) is 49.7 Å². The Hall–Kier alpha value is -3.41. The Labute approximate surface area is 178 Å². The minimum atomic E-state index is -0.500. The van der Waals surface area contributed by atoms with E-state index in [1.165, 1.54) is 0 Å². The molecule has 1 aromatic heterocycles. The topological polar surface area (TPSA) is 124 Å². The van der Waals surface area contributed by atoms with Crippen LogP contribution in [-0.2, 0) is 16.1 Å². The van der Waals surface area contributed by atoms with Crippen LogP contribution < -0.4 is 10.5 Å². The minimum absolute atomic E-state index is 0.0538. The van der Waals surface area contributed by atoms with Gasteiger partial charge in [-0.3, -0.25) is 4.79 Å². The zero-order chi connectivity index (χ0) is 21.7. The number of carbonyl (C=O) groups excluding carboxylic acids is 1. The van der Waals surface area contributed by atoms with E-state index in [1.807, 2.05) is 13.8 Å². The van der Waals surface area contributed by atoms with Crippen LogP contribution in [0.3, 0.4) is 0 Å². The summed E-state index contributed by atoms with van der Waals surface area (Å²) in [5, 5.41) is 13.7. The second-order valence-corrected chi connectivity index (χ2v) is 7.00. The van der Waals surface area contributed by atoms with Crippen LogP contribution in [0.25, 0.3) is 22.8 Å². The Morgan fingerprint density at radius 1 is 1.30 bits per heavy atom. The number of carbonyl (C=O) groups is 1. The molecular weight excluding hydrogens is 408 g/mol. The van der Waals surface area contributed by atoms with Crippen LogP contribution in [0, 0.1) is 11.3 Å². The lowest BCUT2D eigenvalue weighted by Gasteiger charge is -2.11. The summed E-state index contributed by atoms with van der Waals surface area (Å²) in [5.74, 6) is 0.528. The molecular formula is C21H19ClN4O4. The second kappa shape index (κ2) is 9.39. The average Bonchev–Trinajstić information content (AvgIpc) is 3.21. The summed E-state index contributed by atoms with van der Waals surface area (Å²) in [6, 6.07) is 12.3. The zero-order valence-electron chi connectivity index (χ0n) is 16.4. The van der Waals surface area contributed by atoms with Gasteiger partial charge in [0.25, 0.3) is 5.89 Å². The van der Waals surface area contributed by atoms with Gasteiger partial charge in [-0.1, -0.05) is 22.8 Å². The number of rotatable bonds is 7. The predicted molar refractivity (Wildman–Crippen MR) is 110 cm³/mol. The van der Waals surface area contributed by atoms with Gasteiger partial charge in [0, 0.05) is 11.1 Å². The van der Waals surface area contributed by atoms with E-state index in [2.05, 4.69) is 16.2 Å². The molecule has 0 saturated carbocycles. The summed E-state index contributed by atoms with van der Waals surface area (Å²) in [6.45, 7) is 3.65. The average molecular weight is 427 g/mol. The third-order valence-electron chi connectivity index (χ3n) is 3.98. The zero-order valence-corrected chi connectivity index (χ0v) is 17.1. The van der Waals surface area contributed by atoms with Gasteiger partial charge in [0.2, 0.25) is 5.82 Å². The highest BCUT2D eigenvalue weighted by atomic mass is 35.5. The summed E-state index contributed by atoms with van der Waals surface area (Å²) in [5.41, 5.74) is 7.43. The molecule has 3 aromatic rings. The van der Waals surface area contributed by atoms with Crippen molar-refractivity contribution in [1.29, 1.82) is 5.26 Å². The number of ether oxygens (including phenoxy) is 2. The molecule has 30 heavy (non-hydrogen) atoms. The maximum atomic E-state index is 11.2. The van der Waals surface area contributed by atoms with Crippen LogP contribution in [0.15, 0.2) is 40.9 Å². The monoisotopic (exact) mass is 426 g/mol. The van der Waals surface area contributed by atoms with Crippen molar-refractivity contribution >= 4 is 17.6 Å². The van der Waals surface area contributed by atoms with Crippen molar-refractivity contribution in [1.82, 2.24) is 10.1 Å². The van der Waals surface area contributed by atoms with Gasteiger partial charge in [0.1, 0.15) is 18.4 Å². The van der Waals surface area contributed by atoms with Gasteiger partial charge in [-0.2, -0.15) is 10.2 Å². The van der Waals surface area contributed by atoms with E-state index < -0.39 is 5.97 Å². The molecule has 0 bridgehead atoms. The highest BCUT2D eigenvalue weighted by molar-refractivity contribution is 6.33. The number of hydrogen-bond acceptors (Lipinski definition) is 8. The first kappa shape index (κ1) is 21.3. The van der Waals surface area contributed by atoms with E-state index in [0.717, 1.165) is 0 Å². The first-order valence-electron chi connectivity index (χ1n) is 9.10. The van der Waals surface area contributed by atoms with E-state index in [4.69, 9.17) is 31.3 Å². The molecule has 1 heterocycles. The number of aromatic nitrogens is 2. The number of nitrogens with zero attached hydrogens (tertiary/aromatic N) is 3. The van der Waals surface area contributed by atoms with E-state index in [1.54, 1.807) is 36.4 Å². The Balaban J connectivity index is 1.83. The van der Waals surface area contributed by atoms with Gasteiger partial charge >= 0.3 is 5.97 Å². The molecule has 8 nitrogen and oxygen atoms in total. The molecule has 3 rings (SSSR count). The largest absolute Gasteiger partial charge is 0.490 e. The maximum absolute atomic E-state index is 11.2. The Bertz CT molecular complexity index is 1100. The molecule has 0 spiro atoms.